The standard InChI is InChI=1S/C26H25N5O4/c1-35-19-6-2-4-15(10-19)17-11-21-20-8-7-16(26(34)31-9-3-5-18(32)14-31)13-23(20)28-24(21)22(12-17)25(33)29-30-27/h2,4,6-8,10-13,18,28,32H,3,5,9,14H2,1H3,(H2,27,29,33)/t18-/m1/s1. The molecule has 9 nitrogen and oxygen atoms in total. The van der Waals surface area contributed by atoms with Crippen molar-refractivity contribution in [3.8, 4) is 16.9 Å². The van der Waals surface area contributed by atoms with E-state index in [9.17, 15) is 14.7 Å². The van der Waals surface area contributed by atoms with E-state index in [0.29, 0.717) is 47.4 Å². The number of carbonyl (C=O) groups excluding carboxylic acids is 2. The van der Waals surface area contributed by atoms with Gasteiger partial charge in [-0.1, -0.05) is 28.5 Å². The van der Waals surface area contributed by atoms with Crippen LogP contribution in [0.1, 0.15) is 33.6 Å². The number of hydrogen-bond donors (Lipinski definition) is 3. The van der Waals surface area contributed by atoms with Gasteiger partial charge < -0.3 is 25.6 Å². The van der Waals surface area contributed by atoms with Gasteiger partial charge in [0.1, 0.15) is 5.75 Å². The van der Waals surface area contributed by atoms with Gasteiger partial charge in [-0.3, -0.25) is 9.59 Å². The number of likely N-dealkylation sites (tertiary alicyclic amines) is 1. The van der Waals surface area contributed by atoms with Gasteiger partial charge in [0.15, 0.2) is 0 Å². The normalized spacial score (nSPS) is 16.3. The van der Waals surface area contributed by atoms with Crippen LogP contribution in [0.15, 0.2) is 64.9 Å². The van der Waals surface area contributed by atoms with E-state index in [4.69, 9.17) is 10.6 Å². The molecule has 0 spiro atoms. The second-order valence-corrected chi connectivity index (χ2v) is 8.63. The number of aliphatic hydroxyl groups excluding tert-OH is 1. The van der Waals surface area contributed by atoms with Crippen molar-refractivity contribution in [1.82, 2.24) is 9.88 Å². The van der Waals surface area contributed by atoms with Crippen LogP contribution in [0.2, 0.25) is 0 Å². The number of carbonyl (C=O) groups is 2. The molecule has 1 aromatic heterocycles. The summed E-state index contributed by atoms with van der Waals surface area (Å²) in [5.41, 5.74) is 3.80. The Morgan fingerprint density at radius 1 is 1.11 bits per heavy atom. The first-order chi connectivity index (χ1) is 17.0. The molecular weight excluding hydrogens is 446 g/mol. The second kappa shape index (κ2) is 9.19. The molecule has 5 rings (SSSR count). The van der Waals surface area contributed by atoms with E-state index < -0.39 is 12.0 Å². The highest BCUT2D eigenvalue weighted by Gasteiger charge is 2.24. The third kappa shape index (κ3) is 4.22. The topological polar surface area (TPSA) is 133 Å². The molecule has 0 saturated carbocycles. The van der Waals surface area contributed by atoms with Crippen molar-refractivity contribution in [2.75, 3.05) is 20.2 Å². The first-order valence-corrected chi connectivity index (χ1v) is 11.3. The number of methoxy groups -OCH3 is 1. The largest absolute Gasteiger partial charge is 0.497 e. The van der Waals surface area contributed by atoms with Gasteiger partial charge in [0, 0.05) is 34.9 Å². The third-order valence-electron chi connectivity index (χ3n) is 6.42. The number of H-pyrrole nitrogens is 1. The molecule has 1 aliphatic rings. The summed E-state index contributed by atoms with van der Waals surface area (Å²) < 4.78 is 5.35. The molecule has 35 heavy (non-hydrogen) atoms. The van der Waals surface area contributed by atoms with Crippen molar-refractivity contribution in [2.24, 2.45) is 16.2 Å². The zero-order chi connectivity index (χ0) is 24.5. The van der Waals surface area contributed by atoms with Gasteiger partial charge in [-0.05, 0) is 60.4 Å². The van der Waals surface area contributed by atoms with Gasteiger partial charge in [0.2, 0.25) is 0 Å². The average Bonchev–Trinajstić information content (AvgIpc) is 3.25. The van der Waals surface area contributed by atoms with Crippen molar-refractivity contribution < 1.29 is 19.4 Å². The van der Waals surface area contributed by atoms with E-state index in [2.05, 4.69) is 15.3 Å². The van der Waals surface area contributed by atoms with E-state index in [1.165, 1.54) is 0 Å². The van der Waals surface area contributed by atoms with Gasteiger partial charge in [0.25, 0.3) is 11.8 Å². The Labute approximate surface area is 201 Å². The fourth-order valence-electron chi connectivity index (χ4n) is 4.71. The van der Waals surface area contributed by atoms with E-state index >= 15 is 0 Å². The number of β-amino-alcohol motifs (C(OH)–C–C–N with tert-alkyl or cyclic N) is 1. The highest BCUT2D eigenvalue weighted by Crippen LogP contribution is 2.35. The minimum atomic E-state index is -0.576. The van der Waals surface area contributed by atoms with E-state index in [1.54, 1.807) is 30.2 Å². The van der Waals surface area contributed by atoms with Crippen LogP contribution in [-0.4, -0.2) is 53.1 Å². The van der Waals surface area contributed by atoms with E-state index in [1.807, 2.05) is 36.4 Å². The first kappa shape index (κ1) is 22.5. The summed E-state index contributed by atoms with van der Waals surface area (Å²) in [6, 6.07) is 16.7. The fourth-order valence-corrected chi connectivity index (χ4v) is 4.71. The highest BCUT2D eigenvalue weighted by molar-refractivity contribution is 6.17. The number of benzene rings is 3. The molecule has 9 heteroatoms. The molecule has 0 bridgehead atoms. The molecule has 4 aromatic rings. The van der Waals surface area contributed by atoms with Crippen LogP contribution >= 0.6 is 0 Å². The Morgan fingerprint density at radius 3 is 2.74 bits per heavy atom. The van der Waals surface area contributed by atoms with Crippen LogP contribution in [0.4, 0.5) is 0 Å². The minimum Gasteiger partial charge on any atom is -0.497 e. The summed E-state index contributed by atoms with van der Waals surface area (Å²) >= 11 is 0. The molecule has 1 fully saturated rings. The maximum Gasteiger partial charge on any atom is 0.299 e. The van der Waals surface area contributed by atoms with Crippen molar-refractivity contribution in [3.63, 3.8) is 0 Å². The van der Waals surface area contributed by atoms with Crippen molar-refractivity contribution in [1.29, 1.82) is 0 Å². The lowest BCUT2D eigenvalue weighted by atomic mass is 9.98. The van der Waals surface area contributed by atoms with Gasteiger partial charge in [0.05, 0.1) is 24.3 Å². The number of amides is 2. The Balaban J connectivity index is 1.65. The van der Waals surface area contributed by atoms with Gasteiger partial charge in [-0.2, -0.15) is 0 Å². The Hall–Kier alpha value is -4.24. The second-order valence-electron chi connectivity index (χ2n) is 8.63. The molecule has 178 valence electrons. The monoisotopic (exact) mass is 471 g/mol. The summed E-state index contributed by atoms with van der Waals surface area (Å²) in [6.07, 6.45) is 0.984. The van der Waals surface area contributed by atoms with Gasteiger partial charge >= 0.3 is 0 Å². The van der Waals surface area contributed by atoms with Gasteiger partial charge in [-0.15, -0.1) is 0 Å². The molecule has 0 aliphatic carbocycles. The molecule has 3 aromatic carbocycles. The number of aromatic amines is 1. The number of aliphatic hydroxyl groups is 1. The number of fused-ring (bicyclic) bond motifs is 3. The lowest BCUT2D eigenvalue weighted by Crippen LogP contribution is -2.42. The van der Waals surface area contributed by atoms with Crippen LogP contribution in [0.25, 0.3) is 32.9 Å². The Morgan fingerprint density at radius 2 is 1.97 bits per heavy atom. The Bertz CT molecular complexity index is 1480. The van der Waals surface area contributed by atoms with Crippen LogP contribution in [-0.2, 0) is 0 Å². The Kier molecular flexibility index (Phi) is 5.92. The number of ether oxygens (including phenoxy) is 1. The predicted molar refractivity (Wildman–Crippen MR) is 132 cm³/mol. The maximum absolute atomic E-state index is 13.1. The van der Waals surface area contributed by atoms with E-state index in [-0.39, 0.29) is 5.91 Å². The van der Waals surface area contributed by atoms with Gasteiger partial charge in [-0.25, -0.2) is 0 Å². The molecule has 0 radical (unpaired) electrons. The number of nitrogens with one attached hydrogen (secondary N) is 1. The molecule has 4 N–H and O–H groups in total. The number of nitrogens with zero attached hydrogens (tertiary/aromatic N) is 3. The quantitative estimate of drug-likeness (QED) is 0.234. The van der Waals surface area contributed by atoms with Crippen LogP contribution in [0.5, 0.6) is 5.75 Å². The molecule has 1 atom stereocenters. The molecular formula is C26H25N5O4. The molecule has 2 heterocycles. The molecule has 0 unspecified atom stereocenters. The number of rotatable bonds is 4. The number of piperidine rings is 1. The van der Waals surface area contributed by atoms with E-state index in [0.717, 1.165) is 28.3 Å². The van der Waals surface area contributed by atoms with Crippen LogP contribution in [0.3, 0.4) is 0 Å². The zero-order valence-corrected chi connectivity index (χ0v) is 19.2. The van der Waals surface area contributed by atoms with Crippen LogP contribution in [0, 0.1) is 0 Å². The first-order valence-electron chi connectivity index (χ1n) is 11.3. The summed E-state index contributed by atoms with van der Waals surface area (Å²) in [4.78, 5) is 30.8. The number of hydrogen-bond acceptors (Lipinski definition) is 5. The molecule has 1 saturated heterocycles. The summed E-state index contributed by atoms with van der Waals surface area (Å²) in [7, 11) is 1.60. The predicted octanol–water partition coefficient (Wildman–Crippen LogP) is 4.06. The lowest BCUT2D eigenvalue weighted by Gasteiger charge is -2.30. The smallest absolute Gasteiger partial charge is 0.299 e. The average molecular weight is 472 g/mol. The highest BCUT2D eigenvalue weighted by atomic mass is 16.5. The number of aromatic nitrogens is 1. The van der Waals surface area contributed by atoms with Crippen molar-refractivity contribution in [3.05, 3.63) is 65.7 Å². The minimum absolute atomic E-state index is 0.130. The SMILES string of the molecule is COc1cccc(-c2cc(C(=O)N=NN)c3[nH]c4cc(C(=O)N5CCC[C@@H](O)C5)ccc4c3c2)c1. The fraction of sp³-hybridized carbons (Fsp3) is 0.231. The lowest BCUT2D eigenvalue weighted by molar-refractivity contribution is 0.0474. The summed E-state index contributed by atoms with van der Waals surface area (Å²) in [5.74, 6) is 5.15. The summed E-state index contributed by atoms with van der Waals surface area (Å²) in [6.45, 7) is 0.948. The third-order valence-corrected chi connectivity index (χ3v) is 6.42. The maximum atomic E-state index is 13.1. The molecule has 1 aliphatic heterocycles. The van der Waals surface area contributed by atoms with Crippen molar-refractivity contribution in [2.45, 2.75) is 18.9 Å². The molecule has 2 amide bonds. The van der Waals surface area contributed by atoms with Crippen molar-refractivity contribution >= 4 is 33.6 Å². The zero-order valence-electron chi connectivity index (χ0n) is 19.2. The summed E-state index contributed by atoms with van der Waals surface area (Å²) in [5, 5.41) is 18.3. The van der Waals surface area contributed by atoms with Crippen LogP contribution < -0.4 is 10.6 Å². The number of nitrogens with two attached hydrogens (primary N) is 1.